The molecule has 0 N–H and O–H groups in total. The van der Waals surface area contributed by atoms with E-state index in [-0.39, 0.29) is 5.56 Å². The van der Waals surface area contributed by atoms with Crippen molar-refractivity contribution in [1.29, 1.82) is 0 Å². The summed E-state index contributed by atoms with van der Waals surface area (Å²) in [5.74, 6) is -0.436. The van der Waals surface area contributed by atoms with E-state index in [1.807, 2.05) is 0 Å². The highest BCUT2D eigenvalue weighted by molar-refractivity contribution is 6.33. The predicted molar refractivity (Wildman–Crippen MR) is 41.5 cm³/mol. The second kappa shape index (κ2) is 3.01. The van der Waals surface area contributed by atoms with E-state index in [0.29, 0.717) is 16.9 Å². The normalized spacial score (nSPS) is 9.73. The Morgan fingerprint density at radius 2 is 2.18 bits per heavy atom. The van der Waals surface area contributed by atoms with Crippen LogP contribution in [0, 0.1) is 12.7 Å². The van der Waals surface area contributed by atoms with Crippen molar-refractivity contribution in [2.45, 2.75) is 6.92 Å². The number of aryl methyl sites for hydroxylation is 1. The van der Waals surface area contributed by atoms with Crippen molar-refractivity contribution < 1.29 is 9.18 Å². The molecule has 0 aliphatic heterocycles. The Hall–Kier alpha value is -0.890. The van der Waals surface area contributed by atoms with Gasteiger partial charge < -0.3 is 0 Å². The van der Waals surface area contributed by atoms with Gasteiger partial charge >= 0.3 is 0 Å². The minimum Gasteiger partial charge on any atom is -0.298 e. The van der Waals surface area contributed by atoms with E-state index >= 15 is 0 Å². The Morgan fingerprint density at radius 3 is 2.73 bits per heavy atom. The molecule has 3 heteroatoms. The molecule has 0 fully saturated rings. The number of benzene rings is 1. The zero-order valence-corrected chi connectivity index (χ0v) is 6.65. The molecule has 0 bridgehead atoms. The lowest BCUT2D eigenvalue weighted by Gasteiger charge is -1.99. The molecule has 0 saturated carbocycles. The summed E-state index contributed by atoms with van der Waals surface area (Å²) in [4.78, 5) is 10.3. The summed E-state index contributed by atoms with van der Waals surface area (Å²) in [5.41, 5.74) is 0.776. The number of rotatable bonds is 1. The van der Waals surface area contributed by atoms with Crippen molar-refractivity contribution in [3.63, 3.8) is 0 Å². The Kier molecular flexibility index (Phi) is 2.25. The van der Waals surface area contributed by atoms with Crippen molar-refractivity contribution in [3.8, 4) is 0 Å². The molecule has 0 atom stereocenters. The Bertz CT molecular complexity index is 296. The maximum atomic E-state index is 12.6. The van der Waals surface area contributed by atoms with E-state index in [1.165, 1.54) is 6.07 Å². The van der Waals surface area contributed by atoms with Crippen molar-refractivity contribution in [2.24, 2.45) is 0 Å². The number of aldehydes is 1. The molecule has 0 amide bonds. The largest absolute Gasteiger partial charge is 0.298 e. The molecular weight excluding hydrogens is 167 g/mol. The van der Waals surface area contributed by atoms with Crippen LogP contribution in [0.15, 0.2) is 12.1 Å². The summed E-state index contributed by atoms with van der Waals surface area (Å²) < 4.78 is 12.6. The smallest absolute Gasteiger partial charge is 0.151 e. The van der Waals surface area contributed by atoms with E-state index in [9.17, 15) is 9.18 Å². The van der Waals surface area contributed by atoms with E-state index in [0.717, 1.165) is 6.07 Å². The third-order valence-electron chi connectivity index (χ3n) is 1.37. The molecule has 0 unspecified atom stereocenters. The number of hydrogen-bond donors (Lipinski definition) is 0. The topological polar surface area (TPSA) is 17.1 Å². The first-order chi connectivity index (χ1) is 5.15. The molecule has 1 rings (SSSR count). The van der Waals surface area contributed by atoms with Crippen molar-refractivity contribution in [3.05, 3.63) is 34.1 Å². The summed E-state index contributed by atoms with van der Waals surface area (Å²) in [6.45, 7) is 1.65. The lowest BCUT2D eigenvalue weighted by Crippen LogP contribution is -1.87. The van der Waals surface area contributed by atoms with Gasteiger partial charge in [0.25, 0.3) is 0 Å². The van der Waals surface area contributed by atoms with Crippen LogP contribution in [0.5, 0.6) is 0 Å². The van der Waals surface area contributed by atoms with Gasteiger partial charge in [0.2, 0.25) is 0 Å². The van der Waals surface area contributed by atoms with Crippen LogP contribution in [0.4, 0.5) is 4.39 Å². The van der Waals surface area contributed by atoms with Crippen molar-refractivity contribution >= 4 is 17.9 Å². The first-order valence-corrected chi connectivity index (χ1v) is 3.44. The maximum absolute atomic E-state index is 12.6. The molecule has 1 aromatic carbocycles. The van der Waals surface area contributed by atoms with Gasteiger partial charge in [0.05, 0.1) is 5.02 Å². The minimum atomic E-state index is -0.436. The van der Waals surface area contributed by atoms with Gasteiger partial charge in [-0.3, -0.25) is 4.79 Å². The third kappa shape index (κ3) is 1.57. The number of carbonyl (C=O) groups is 1. The fourth-order valence-corrected chi connectivity index (χ4v) is 0.991. The molecule has 0 radical (unpaired) electrons. The molecule has 0 aromatic heterocycles. The molecule has 1 nitrogen and oxygen atoms in total. The van der Waals surface area contributed by atoms with E-state index in [4.69, 9.17) is 11.6 Å². The summed E-state index contributed by atoms with van der Waals surface area (Å²) >= 11 is 5.67. The minimum absolute atomic E-state index is 0.198. The number of halogens is 2. The van der Waals surface area contributed by atoms with Crippen molar-refractivity contribution in [1.82, 2.24) is 0 Å². The van der Waals surface area contributed by atoms with Crippen molar-refractivity contribution in [2.75, 3.05) is 0 Å². The predicted octanol–water partition coefficient (Wildman–Crippen LogP) is 2.60. The van der Waals surface area contributed by atoms with Crippen LogP contribution in [0.25, 0.3) is 0 Å². The van der Waals surface area contributed by atoms with Crippen LogP contribution in [0.1, 0.15) is 15.9 Å². The highest BCUT2D eigenvalue weighted by Gasteiger charge is 2.04. The van der Waals surface area contributed by atoms with Gasteiger partial charge in [-0.1, -0.05) is 11.6 Å². The summed E-state index contributed by atoms with van der Waals surface area (Å²) in [7, 11) is 0. The van der Waals surface area contributed by atoms with Gasteiger partial charge in [-0.15, -0.1) is 0 Å². The summed E-state index contributed by atoms with van der Waals surface area (Å²) in [6, 6.07) is 2.40. The van der Waals surface area contributed by atoms with Gasteiger partial charge in [0, 0.05) is 5.56 Å². The first kappa shape index (κ1) is 8.21. The second-order valence-electron chi connectivity index (χ2n) is 2.24. The molecule has 0 aliphatic carbocycles. The summed E-state index contributed by atoms with van der Waals surface area (Å²) in [5, 5.41) is 0.321. The quantitative estimate of drug-likeness (QED) is 0.595. The highest BCUT2D eigenvalue weighted by atomic mass is 35.5. The van der Waals surface area contributed by atoms with Gasteiger partial charge in [-0.2, -0.15) is 0 Å². The Balaban J connectivity index is 3.35. The first-order valence-electron chi connectivity index (χ1n) is 3.06. The molecule has 58 valence electrons. The van der Waals surface area contributed by atoms with Crippen LogP contribution in [0.3, 0.4) is 0 Å². The molecule has 1 aromatic rings. The lowest BCUT2D eigenvalue weighted by molar-refractivity contribution is 0.112. The standard InChI is InChI=1S/C8H6ClFO/c1-5-2-7(10)3-6(4-11)8(5)9/h2-4H,1H3. The van der Waals surface area contributed by atoms with Crippen LogP contribution in [-0.2, 0) is 0 Å². The Morgan fingerprint density at radius 1 is 1.55 bits per heavy atom. The SMILES string of the molecule is Cc1cc(F)cc(C=O)c1Cl. The number of carbonyl (C=O) groups excluding carboxylic acids is 1. The van der Waals surface area contributed by atoms with Crippen LogP contribution in [0.2, 0.25) is 5.02 Å². The zero-order chi connectivity index (χ0) is 8.43. The van der Waals surface area contributed by atoms with Gasteiger partial charge in [0.1, 0.15) is 5.82 Å². The van der Waals surface area contributed by atoms with E-state index in [1.54, 1.807) is 6.92 Å². The van der Waals surface area contributed by atoms with Crippen LogP contribution in [-0.4, -0.2) is 6.29 Å². The van der Waals surface area contributed by atoms with Crippen LogP contribution >= 0.6 is 11.6 Å². The van der Waals surface area contributed by atoms with Gasteiger partial charge in [-0.25, -0.2) is 4.39 Å². The van der Waals surface area contributed by atoms with E-state index < -0.39 is 5.82 Å². The fourth-order valence-electron chi connectivity index (χ4n) is 0.837. The molecular formula is C8H6ClFO. The van der Waals surface area contributed by atoms with Crippen LogP contribution < -0.4 is 0 Å². The molecule has 0 heterocycles. The number of hydrogen-bond acceptors (Lipinski definition) is 1. The Labute approximate surface area is 68.8 Å². The average molecular weight is 173 g/mol. The fraction of sp³-hybridized carbons (Fsp3) is 0.125. The average Bonchev–Trinajstić information content (AvgIpc) is 1.96. The van der Waals surface area contributed by atoms with Gasteiger partial charge in [0.15, 0.2) is 6.29 Å². The molecule has 0 aliphatic rings. The van der Waals surface area contributed by atoms with Gasteiger partial charge in [-0.05, 0) is 24.6 Å². The highest BCUT2D eigenvalue weighted by Crippen LogP contribution is 2.20. The third-order valence-corrected chi connectivity index (χ3v) is 1.89. The zero-order valence-electron chi connectivity index (χ0n) is 5.90. The molecule has 11 heavy (non-hydrogen) atoms. The molecule has 0 saturated heterocycles. The summed E-state index contributed by atoms with van der Waals surface area (Å²) in [6.07, 6.45) is 0.540. The monoisotopic (exact) mass is 172 g/mol. The second-order valence-corrected chi connectivity index (χ2v) is 2.62. The lowest BCUT2D eigenvalue weighted by atomic mass is 10.1. The molecule has 0 spiro atoms. The maximum Gasteiger partial charge on any atom is 0.151 e. The van der Waals surface area contributed by atoms with E-state index in [2.05, 4.69) is 0 Å².